The Balaban J connectivity index is 1.25. The molecule has 1 aromatic carbocycles. The number of halogens is 2. The van der Waals surface area contributed by atoms with E-state index >= 15 is 0 Å². The summed E-state index contributed by atoms with van der Waals surface area (Å²) in [6, 6.07) is 9.07. The van der Waals surface area contributed by atoms with E-state index in [2.05, 4.69) is 19.2 Å². The Kier molecular flexibility index (Phi) is 12.2. The summed E-state index contributed by atoms with van der Waals surface area (Å²) in [5.41, 5.74) is 3.47. The molecule has 2 aliphatic rings. The first-order chi connectivity index (χ1) is 19.7. The SMILES string of the molecule is C=C(/C=C\C(=C)c1ccc(C#N)cc1)OC(=O)CCCCCCCC(=O)OC1=CC(F)=C(C2=CC=C(F)CC2)CC1. The van der Waals surface area contributed by atoms with Gasteiger partial charge in [0.05, 0.1) is 11.6 Å². The second kappa shape index (κ2) is 16.1. The summed E-state index contributed by atoms with van der Waals surface area (Å²) in [6.45, 7) is 7.71. The maximum absolute atomic E-state index is 14.5. The number of esters is 2. The molecule has 214 valence electrons. The minimum absolute atomic E-state index is 0.200. The van der Waals surface area contributed by atoms with Gasteiger partial charge in [-0.25, -0.2) is 8.78 Å². The monoisotopic (exact) mass is 559 g/mol. The molecule has 3 rings (SSSR count). The predicted molar refractivity (Wildman–Crippen MR) is 155 cm³/mol. The van der Waals surface area contributed by atoms with Crippen LogP contribution in [0.15, 0.2) is 102 Å². The quantitative estimate of drug-likeness (QED) is 0.0984. The Morgan fingerprint density at radius 2 is 1.56 bits per heavy atom. The molecule has 0 aliphatic heterocycles. The molecule has 0 atom stereocenters. The van der Waals surface area contributed by atoms with E-state index < -0.39 is 5.83 Å². The number of carbonyl (C=O) groups excluding carboxylic acids is 2. The molecular formula is C34H35F2NO4. The van der Waals surface area contributed by atoms with E-state index in [-0.39, 0.29) is 42.8 Å². The summed E-state index contributed by atoms with van der Waals surface area (Å²) < 4.78 is 38.3. The fraction of sp³-hybridized carbons (Fsp3) is 0.324. The van der Waals surface area contributed by atoms with Gasteiger partial charge in [-0.2, -0.15) is 5.26 Å². The van der Waals surface area contributed by atoms with Crippen molar-refractivity contribution >= 4 is 17.5 Å². The summed E-state index contributed by atoms with van der Waals surface area (Å²) in [5, 5.41) is 8.88. The zero-order valence-electron chi connectivity index (χ0n) is 23.2. The number of nitrogens with zero attached hydrogens (tertiary/aromatic N) is 1. The van der Waals surface area contributed by atoms with Crippen molar-refractivity contribution in [3.05, 3.63) is 113 Å². The molecule has 1 aromatic rings. The standard InChI is InChI=1S/C34H35F2NO4/c1-24(27-14-12-26(23-37)13-15-27)10-11-25(2)40-33(38)8-6-4-3-5-7-9-34(39)41-30-20-21-31(32(36)22-30)28-16-18-29(35)19-17-28/h10-16,18,22H,1-9,17,19-21H2/b11-10-. The van der Waals surface area contributed by atoms with Crippen molar-refractivity contribution in [2.24, 2.45) is 0 Å². The zero-order valence-corrected chi connectivity index (χ0v) is 23.2. The molecule has 5 nitrogen and oxygen atoms in total. The Hall–Kier alpha value is -4.31. The molecule has 0 unspecified atom stereocenters. The van der Waals surface area contributed by atoms with Crippen LogP contribution in [0.1, 0.15) is 81.8 Å². The number of ether oxygens (including phenoxy) is 2. The Labute approximate surface area is 240 Å². The summed E-state index contributed by atoms with van der Waals surface area (Å²) in [7, 11) is 0. The van der Waals surface area contributed by atoms with E-state index in [1.807, 2.05) is 0 Å². The highest BCUT2D eigenvalue weighted by Gasteiger charge is 2.20. The minimum atomic E-state index is -0.423. The van der Waals surface area contributed by atoms with Crippen molar-refractivity contribution in [1.82, 2.24) is 0 Å². The third kappa shape index (κ3) is 10.6. The van der Waals surface area contributed by atoms with Crippen molar-refractivity contribution in [2.45, 2.75) is 70.6 Å². The molecule has 0 heterocycles. The van der Waals surface area contributed by atoms with Crippen molar-refractivity contribution < 1.29 is 27.8 Å². The minimum Gasteiger partial charge on any atom is -0.431 e. The van der Waals surface area contributed by atoms with Crippen molar-refractivity contribution in [2.75, 3.05) is 0 Å². The molecule has 0 N–H and O–H groups in total. The summed E-state index contributed by atoms with van der Waals surface area (Å²) >= 11 is 0. The van der Waals surface area contributed by atoms with Crippen molar-refractivity contribution in [3.63, 3.8) is 0 Å². The second-order valence-corrected chi connectivity index (χ2v) is 9.97. The van der Waals surface area contributed by atoms with E-state index in [4.69, 9.17) is 14.7 Å². The van der Waals surface area contributed by atoms with Crippen LogP contribution in [-0.2, 0) is 19.1 Å². The largest absolute Gasteiger partial charge is 0.431 e. The lowest BCUT2D eigenvalue weighted by molar-refractivity contribution is -0.140. The van der Waals surface area contributed by atoms with E-state index in [1.165, 1.54) is 12.2 Å². The molecule has 0 saturated heterocycles. The van der Waals surface area contributed by atoms with Gasteiger partial charge in [0.1, 0.15) is 23.2 Å². The summed E-state index contributed by atoms with van der Waals surface area (Å²) in [6.07, 6.45) is 13.5. The van der Waals surface area contributed by atoms with Crippen LogP contribution in [0.3, 0.4) is 0 Å². The van der Waals surface area contributed by atoms with E-state index in [1.54, 1.807) is 42.5 Å². The summed E-state index contributed by atoms with van der Waals surface area (Å²) in [4.78, 5) is 24.2. The zero-order chi connectivity index (χ0) is 29.6. The number of carbonyl (C=O) groups is 2. The number of benzene rings is 1. The van der Waals surface area contributed by atoms with Gasteiger partial charge < -0.3 is 9.47 Å². The van der Waals surface area contributed by atoms with Gasteiger partial charge in [0.25, 0.3) is 0 Å². The number of nitriles is 1. The third-order valence-electron chi connectivity index (χ3n) is 6.79. The van der Waals surface area contributed by atoms with Gasteiger partial charge in [-0.1, -0.05) is 56.7 Å². The van der Waals surface area contributed by atoms with Gasteiger partial charge in [-0.15, -0.1) is 0 Å². The van der Waals surface area contributed by atoms with Crippen LogP contribution in [0, 0.1) is 11.3 Å². The van der Waals surface area contributed by atoms with Gasteiger partial charge in [-0.3, -0.25) is 9.59 Å². The molecular weight excluding hydrogens is 524 g/mol. The lowest BCUT2D eigenvalue weighted by atomic mass is 9.90. The number of hydrogen-bond acceptors (Lipinski definition) is 5. The van der Waals surface area contributed by atoms with Crippen LogP contribution in [-0.4, -0.2) is 11.9 Å². The molecule has 0 bridgehead atoms. The fourth-order valence-corrected chi connectivity index (χ4v) is 4.47. The molecule has 0 spiro atoms. The first-order valence-electron chi connectivity index (χ1n) is 13.9. The molecule has 7 heteroatoms. The Morgan fingerprint density at radius 3 is 2.20 bits per heavy atom. The van der Waals surface area contributed by atoms with Gasteiger partial charge in [-0.05, 0) is 72.3 Å². The Bertz CT molecular complexity index is 1350. The average Bonchev–Trinajstić information content (AvgIpc) is 2.96. The molecule has 0 radical (unpaired) electrons. The van der Waals surface area contributed by atoms with Crippen LogP contribution in [0.4, 0.5) is 8.78 Å². The summed E-state index contributed by atoms with van der Waals surface area (Å²) in [5.74, 6) is -0.821. The van der Waals surface area contributed by atoms with Crippen molar-refractivity contribution in [1.29, 1.82) is 5.26 Å². The molecule has 41 heavy (non-hydrogen) atoms. The predicted octanol–water partition coefficient (Wildman–Crippen LogP) is 8.93. The second-order valence-electron chi connectivity index (χ2n) is 9.97. The highest BCUT2D eigenvalue weighted by Crippen LogP contribution is 2.35. The smallest absolute Gasteiger partial charge is 0.311 e. The molecule has 0 saturated carbocycles. The van der Waals surface area contributed by atoms with Gasteiger partial charge >= 0.3 is 11.9 Å². The van der Waals surface area contributed by atoms with Crippen LogP contribution in [0.2, 0.25) is 0 Å². The van der Waals surface area contributed by atoms with Gasteiger partial charge in [0, 0.05) is 31.8 Å². The molecule has 0 aromatic heterocycles. The Morgan fingerprint density at radius 1 is 0.878 bits per heavy atom. The number of rotatable bonds is 14. The molecule has 2 aliphatic carbocycles. The lowest BCUT2D eigenvalue weighted by Crippen LogP contribution is -2.09. The van der Waals surface area contributed by atoms with Crippen LogP contribution in [0.5, 0.6) is 0 Å². The number of allylic oxidation sites excluding steroid dienone is 11. The highest BCUT2D eigenvalue weighted by molar-refractivity contribution is 5.74. The first-order valence-corrected chi connectivity index (χ1v) is 13.9. The normalized spacial score (nSPS) is 15.0. The lowest BCUT2D eigenvalue weighted by Gasteiger charge is -2.19. The highest BCUT2D eigenvalue weighted by atomic mass is 19.1. The first kappa shape index (κ1) is 31.2. The van der Waals surface area contributed by atoms with Gasteiger partial charge in [0.2, 0.25) is 0 Å². The van der Waals surface area contributed by atoms with E-state index in [9.17, 15) is 18.4 Å². The number of hydrogen-bond donors (Lipinski definition) is 0. The van der Waals surface area contributed by atoms with Crippen LogP contribution in [0.25, 0.3) is 5.57 Å². The maximum Gasteiger partial charge on any atom is 0.311 e. The van der Waals surface area contributed by atoms with Crippen molar-refractivity contribution in [3.8, 4) is 6.07 Å². The van der Waals surface area contributed by atoms with Crippen LogP contribution >= 0.6 is 0 Å². The van der Waals surface area contributed by atoms with Crippen LogP contribution < -0.4 is 0 Å². The fourth-order valence-electron chi connectivity index (χ4n) is 4.47. The number of unbranched alkanes of at least 4 members (excludes halogenated alkanes) is 4. The molecule has 0 amide bonds. The third-order valence-corrected chi connectivity index (χ3v) is 6.79. The maximum atomic E-state index is 14.5. The molecule has 0 fully saturated rings. The van der Waals surface area contributed by atoms with Gasteiger partial charge in [0.15, 0.2) is 0 Å². The van der Waals surface area contributed by atoms with E-state index in [0.717, 1.165) is 30.4 Å². The average molecular weight is 560 g/mol. The topological polar surface area (TPSA) is 76.4 Å². The van der Waals surface area contributed by atoms with E-state index in [0.29, 0.717) is 54.6 Å².